The van der Waals surface area contributed by atoms with Crippen molar-refractivity contribution in [2.24, 2.45) is 11.7 Å². The SMILES string of the molecule is NCC(c1ccccc1Cl)N1CCCC(C(F)(F)F)C1. The molecule has 1 saturated heterocycles. The van der Waals surface area contributed by atoms with E-state index in [1.807, 2.05) is 17.0 Å². The molecule has 112 valence electrons. The van der Waals surface area contributed by atoms with Gasteiger partial charge in [0, 0.05) is 24.2 Å². The third kappa shape index (κ3) is 3.45. The van der Waals surface area contributed by atoms with E-state index in [4.69, 9.17) is 17.3 Å². The summed E-state index contributed by atoms with van der Waals surface area (Å²) in [7, 11) is 0. The van der Waals surface area contributed by atoms with Crippen molar-refractivity contribution in [1.29, 1.82) is 0 Å². The highest BCUT2D eigenvalue weighted by Gasteiger charge is 2.43. The van der Waals surface area contributed by atoms with Crippen LogP contribution >= 0.6 is 11.6 Å². The lowest BCUT2D eigenvalue weighted by Gasteiger charge is -2.38. The van der Waals surface area contributed by atoms with Crippen LogP contribution in [0.15, 0.2) is 24.3 Å². The quantitative estimate of drug-likeness (QED) is 0.924. The maximum absolute atomic E-state index is 12.9. The molecule has 20 heavy (non-hydrogen) atoms. The van der Waals surface area contributed by atoms with Crippen molar-refractivity contribution in [3.05, 3.63) is 34.9 Å². The van der Waals surface area contributed by atoms with Crippen LogP contribution < -0.4 is 5.73 Å². The molecule has 1 aliphatic heterocycles. The summed E-state index contributed by atoms with van der Waals surface area (Å²) in [6.45, 7) is 0.880. The molecule has 2 N–H and O–H groups in total. The Bertz CT molecular complexity index is 450. The molecule has 0 aliphatic carbocycles. The Balaban J connectivity index is 2.18. The van der Waals surface area contributed by atoms with E-state index in [-0.39, 0.29) is 25.6 Å². The van der Waals surface area contributed by atoms with Gasteiger partial charge < -0.3 is 5.73 Å². The van der Waals surface area contributed by atoms with E-state index < -0.39 is 12.1 Å². The average Bonchev–Trinajstić information content (AvgIpc) is 2.41. The van der Waals surface area contributed by atoms with Crippen LogP contribution in [0.4, 0.5) is 13.2 Å². The monoisotopic (exact) mass is 306 g/mol. The fourth-order valence-electron chi connectivity index (χ4n) is 2.77. The third-order valence-corrected chi connectivity index (χ3v) is 4.19. The zero-order valence-corrected chi connectivity index (χ0v) is 11.8. The van der Waals surface area contributed by atoms with Gasteiger partial charge in [-0.05, 0) is 31.0 Å². The average molecular weight is 307 g/mol. The second-order valence-corrected chi connectivity index (χ2v) is 5.56. The maximum atomic E-state index is 12.9. The van der Waals surface area contributed by atoms with Crippen molar-refractivity contribution in [2.75, 3.05) is 19.6 Å². The molecule has 0 aromatic heterocycles. The first-order chi connectivity index (χ1) is 9.43. The molecule has 0 bridgehead atoms. The second kappa shape index (κ2) is 6.33. The molecule has 1 aliphatic rings. The standard InChI is InChI=1S/C14H18ClF3N2/c15-12-6-2-1-5-11(12)13(8-19)20-7-3-4-10(9-20)14(16,17)18/h1-2,5-6,10,13H,3-4,7-9,19H2. The fourth-order valence-corrected chi connectivity index (χ4v) is 3.04. The summed E-state index contributed by atoms with van der Waals surface area (Å²) in [6.07, 6.45) is -3.41. The highest BCUT2D eigenvalue weighted by Crippen LogP contribution is 2.36. The maximum Gasteiger partial charge on any atom is 0.393 e. The number of nitrogens with zero attached hydrogens (tertiary/aromatic N) is 1. The first-order valence-corrected chi connectivity index (χ1v) is 7.06. The molecule has 6 heteroatoms. The molecule has 0 spiro atoms. The van der Waals surface area contributed by atoms with Gasteiger partial charge in [0.1, 0.15) is 0 Å². The molecule has 2 unspecified atom stereocenters. The van der Waals surface area contributed by atoms with Crippen molar-refractivity contribution in [3.8, 4) is 0 Å². The number of hydrogen-bond donors (Lipinski definition) is 1. The summed E-state index contributed by atoms with van der Waals surface area (Å²) in [4.78, 5) is 1.81. The Hall–Kier alpha value is -0.780. The minimum atomic E-state index is -4.14. The summed E-state index contributed by atoms with van der Waals surface area (Å²) < 4.78 is 38.6. The number of halogens is 4. The number of rotatable bonds is 3. The van der Waals surface area contributed by atoms with Crippen LogP contribution in [0.2, 0.25) is 5.02 Å². The van der Waals surface area contributed by atoms with E-state index in [1.54, 1.807) is 12.1 Å². The number of likely N-dealkylation sites (tertiary alicyclic amines) is 1. The summed E-state index contributed by atoms with van der Waals surface area (Å²) in [6, 6.07) is 6.94. The van der Waals surface area contributed by atoms with E-state index in [2.05, 4.69) is 0 Å². The van der Waals surface area contributed by atoms with Gasteiger partial charge in [-0.15, -0.1) is 0 Å². The smallest absolute Gasteiger partial charge is 0.329 e. The number of benzene rings is 1. The summed E-state index contributed by atoms with van der Waals surface area (Å²) in [5, 5.41) is 0.553. The highest BCUT2D eigenvalue weighted by atomic mass is 35.5. The van der Waals surface area contributed by atoms with Gasteiger partial charge in [-0.3, -0.25) is 4.90 Å². The molecule has 1 aromatic rings. The van der Waals surface area contributed by atoms with Crippen LogP contribution in [0.25, 0.3) is 0 Å². The lowest BCUT2D eigenvalue weighted by atomic mass is 9.94. The molecule has 1 aromatic carbocycles. The van der Waals surface area contributed by atoms with E-state index in [9.17, 15) is 13.2 Å². The summed E-state index contributed by atoms with van der Waals surface area (Å²) in [5.74, 6) is -1.27. The Morgan fingerprint density at radius 3 is 2.65 bits per heavy atom. The van der Waals surface area contributed by atoms with Crippen molar-refractivity contribution >= 4 is 11.6 Å². The number of hydrogen-bond acceptors (Lipinski definition) is 2. The molecule has 2 rings (SSSR count). The van der Waals surface area contributed by atoms with Crippen molar-refractivity contribution < 1.29 is 13.2 Å². The van der Waals surface area contributed by atoms with E-state index >= 15 is 0 Å². The summed E-state index contributed by atoms with van der Waals surface area (Å²) >= 11 is 6.14. The first kappa shape index (κ1) is 15.6. The molecule has 0 saturated carbocycles. The minimum absolute atomic E-state index is 0.00338. The number of alkyl halides is 3. The molecule has 0 amide bonds. The van der Waals surface area contributed by atoms with E-state index in [1.165, 1.54) is 0 Å². The van der Waals surface area contributed by atoms with Crippen molar-refractivity contribution in [3.63, 3.8) is 0 Å². The van der Waals surface area contributed by atoms with Gasteiger partial charge >= 0.3 is 6.18 Å². The van der Waals surface area contributed by atoms with Crippen LogP contribution in [-0.2, 0) is 0 Å². The normalized spacial score (nSPS) is 22.8. The molecule has 1 heterocycles. The predicted octanol–water partition coefficient (Wildman–Crippen LogP) is 3.61. The minimum Gasteiger partial charge on any atom is -0.329 e. The number of piperidine rings is 1. The molecule has 1 fully saturated rings. The van der Waals surface area contributed by atoms with Crippen LogP contribution in [-0.4, -0.2) is 30.7 Å². The topological polar surface area (TPSA) is 29.3 Å². The predicted molar refractivity (Wildman–Crippen MR) is 73.6 cm³/mol. The van der Waals surface area contributed by atoms with Crippen LogP contribution in [0, 0.1) is 5.92 Å². The largest absolute Gasteiger partial charge is 0.393 e. The van der Waals surface area contributed by atoms with Gasteiger partial charge in [-0.2, -0.15) is 13.2 Å². The molecular formula is C14H18ClF3N2. The molecular weight excluding hydrogens is 289 g/mol. The fraction of sp³-hybridized carbons (Fsp3) is 0.571. The van der Waals surface area contributed by atoms with Gasteiger partial charge in [0.05, 0.1) is 5.92 Å². The third-order valence-electron chi connectivity index (χ3n) is 3.84. The Labute approximate surface area is 121 Å². The lowest BCUT2D eigenvalue weighted by Crippen LogP contribution is -2.45. The van der Waals surface area contributed by atoms with Crippen LogP contribution in [0.1, 0.15) is 24.4 Å². The number of nitrogens with two attached hydrogens (primary N) is 1. The second-order valence-electron chi connectivity index (χ2n) is 5.15. The van der Waals surface area contributed by atoms with E-state index in [0.29, 0.717) is 18.0 Å². The molecule has 2 nitrogen and oxygen atoms in total. The van der Waals surface area contributed by atoms with Gasteiger partial charge in [-0.25, -0.2) is 0 Å². The van der Waals surface area contributed by atoms with Crippen LogP contribution in [0.5, 0.6) is 0 Å². The first-order valence-electron chi connectivity index (χ1n) is 6.68. The van der Waals surface area contributed by atoms with Crippen molar-refractivity contribution in [1.82, 2.24) is 4.90 Å². The Morgan fingerprint density at radius 1 is 1.35 bits per heavy atom. The zero-order valence-electron chi connectivity index (χ0n) is 11.0. The highest BCUT2D eigenvalue weighted by molar-refractivity contribution is 6.31. The Morgan fingerprint density at radius 2 is 2.05 bits per heavy atom. The lowest BCUT2D eigenvalue weighted by molar-refractivity contribution is -0.188. The summed E-state index contributed by atoms with van der Waals surface area (Å²) in [5.41, 5.74) is 6.58. The Kier molecular flexibility index (Phi) is 4.94. The van der Waals surface area contributed by atoms with Crippen molar-refractivity contribution in [2.45, 2.75) is 25.1 Å². The molecule has 0 radical (unpaired) electrons. The van der Waals surface area contributed by atoms with E-state index in [0.717, 1.165) is 5.56 Å². The van der Waals surface area contributed by atoms with Gasteiger partial charge in [-0.1, -0.05) is 29.8 Å². The van der Waals surface area contributed by atoms with Gasteiger partial charge in [0.15, 0.2) is 0 Å². The zero-order chi connectivity index (χ0) is 14.8. The molecule has 2 atom stereocenters. The van der Waals surface area contributed by atoms with Gasteiger partial charge in [0.25, 0.3) is 0 Å². The van der Waals surface area contributed by atoms with Gasteiger partial charge in [0.2, 0.25) is 0 Å². The van der Waals surface area contributed by atoms with Crippen LogP contribution in [0.3, 0.4) is 0 Å².